The maximum absolute atomic E-state index is 4.74. The molecule has 1 fully saturated rings. The topological polar surface area (TPSA) is 52.6 Å². The maximum Gasteiger partial charge on any atom is 0.191 e. The van der Waals surface area contributed by atoms with Gasteiger partial charge in [-0.3, -0.25) is 0 Å². The van der Waals surface area contributed by atoms with Crippen molar-refractivity contribution in [2.24, 2.45) is 4.99 Å². The van der Waals surface area contributed by atoms with E-state index >= 15 is 0 Å². The Morgan fingerprint density at radius 2 is 2.09 bits per heavy atom. The van der Waals surface area contributed by atoms with Crippen LogP contribution in [-0.4, -0.2) is 36.6 Å². The van der Waals surface area contributed by atoms with Crippen molar-refractivity contribution < 1.29 is 0 Å². The van der Waals surface area contributed by atoms with Gasteiger partial charge in [0.2, 0.25) is 0 Å². The summed E-state index contributed by atoms with van der Waals surface area (Å²) < 4.78 is 0. The van der Waals surface area contributed by atoms with Crippen molar-refractivity contribution in [1.82, 2.24) is 15.6 Å². The summed E-state index contributed by atoms with van der Waals surface area (Å²) in [5, 5.41) is 6.84. The molecule has 0 amide bonds. The Bertz CT molecular complexity index is 552. The van der Waals surface area contributed by atoms with Crippen LogP contribution in [0.25, 0.3) is 0 Å². The number of anilines is 1. The maximum atomic E-state index is 4.74. The number of hydrogen-bond donors (Lipinski definition) is 2. The van der Waals surface area contributed by atoms with Gasteiger partial charge in [0.1, 0.15) is 5.82 Å². The van der Waals surface area contributed by atoms with E-state index in [9.17, 15) is 0 Å². The van der Waals surface area contributed by atoms with Crippen LogP contribution in [0.5, 0.6) is 0 Å². The predicted molar refractivity (Wildman–Crippen MR) is 95.8 cm³/mol. The lowest BCUT2D eigenvalue weighted by Gasteiger charge is -2.18. The first-order valence-corrected chi connectivity index (χ1v) is 8.75. The highest BCUT2D eigenvalue weighted by molar-refractivity contribution is 5.80. The fourth-order valence-electron chi connectivity index (χ4n) is 3.10. The number of rotatable bonds is 5. The van der Waals surface area contributed by atoms with Gasteiger partial charge in [-0.15, -0.1) is 0 Å². The first-order valence-electron chi connectivity index (χ1n) is 8.75. The van der Waals surface area contributed by atoms with E-state index in [1.807, 2.05) is 6.20 Å². The van der Waals surface area contributed by atoms with Gasteiger partial charge in [0.05, 0.1) is 6.54 Å². The average molecular weight is 313 g/mol. The fraction of sp³-hybridized carbons (Fsp3) is 0.556. The van der Waals surface area contributed by atoms with E-state index in [-0.39, 0.29) is 0 Å². The molecule has 1 aliphatic carbocycles. The average Bonchev–Trinajstić information content (AvgIpc) is 3.27. The SMILES string of the molecule is CCNC(=NCc1ccnc(N2CCCC2)c1)NC1CC=CC1. The summed E-state index contributed by atoms with van der Waals surface area (Å²) in [6.07, 6.45) is 11.1. The molecule has 0 aromatic carbocycles. The molecule has 2 aliphatic rings. The van der Waals surface area contributed by atoms with Gasteiger partial charge < -0.3 is 15.5 Å². The molecule has 0 atom stereocenters. The standard InChI is InChI=1S/C18H27N5/c1-2-19-18(22-16-7-3-4-8-16)21-14-15-9-10-20-17(13-15)23-11-5-6-12-23/h3-4,9-10,13,16H,2,5-8,11-12,14H2,1H3,(H2,19,21,22). The number of guanidine groups is 1. The van der Waals surface area contributed by atoms with Crippen LogP contribution in [0.1, 0.15) is 38.2 Å². The summed E-state index contributed by atoms with van der Waals surface area (Å²) in [7, 11) is 0. The first-order chi connectivity index (χ1) is 11.3. The molecule has 23 heavy (non-hydrogen) atoms. The zero-order valence-corrected chi connectivity index (χ0v) is 14.0. The van der Waals surface area contributed by atoms with Gasteiger partial charge in [-0.1, -0.05) is 12.2 Å². The largest absolute Gasteiger partial charge is 0.357 e. The zero-order valence-electron chi connectivity index (χ0n) is 14.0. The molecule has 0 spiro atoms. The second-order valence-electron chi connectivity index (χ2n) is 6.20. The van der Waals surface area contributed by atoms with Crippen LogP contribution in [0.4, 0.5) is 5.82 Å². The number of pyridine rings is 1. The third kappa shape index (κ3) is 4.47. The summed E-state index contributed by atoms with van der Waals surface area (Å²) in [4.78, 5) is 11.6. The lowest BCUT2D eigenvalue weighted by molar-refractivity contribution is 0.633. The molecule has 3 rings (SSSR count). The van der Waals surface area contributed by atoms with Crippen LogP contribution in [-0.2, 0) is 6.54 Å². The molecule has 1 aliphatic heterocycles. The molecule has 2 heterocycles. The summed E-state index contributed by atoms with van der Waals surface area (Å²) in [5.41, 5.74) is 1.21. The van der Waals surface area contributed by atoms with Crippen molar-refractivity contribution in [2.75, 3.05) is 24.5 Å². The summed E-state index contributed by atoms with van der Waals surface area (Å²) >= 11 is 0. The normalized spacial score (nSPS) is 18.7. The van der Waals surface area contributed by atoms with E-state index in [1.54, 1.807) is 0 Å². The molecule has 1 saturated heterocycles. The van der Waals surface area contributed by atoms with Crippen LogP contribution in [0.3, 0.4) is 0 Å². The summed E-state index contributed by atoms with van der Waals surface area (Å²) in [6.45, 7) is 5.90. The van der Waals surface area contributed by atoms with Gasteiger partial charge in [-0.25, -0.2) is 9.98 Å². The molecule has 0 unspecified atom stereocenters. The quantitative estimate of drug-likeness (QED) is 0.498. The Kier molecular flexibility index (Phi) is 5.51. The van der Waals surface area contributed by atoms with Crippen molar-refractivity contribution in [3.8, 4) is 0 Å². The van der Waals surface area contributed by atoms with Gasteiger partial charge in [0.15, 0.2) is 5.96 Å². The zero-order chi connectivity index (χ0) is 15.9. The lowest BCUT2D eigenvalue weighted by Crippen LogP contribution is -2.42. The molecular formula is C18H27N5. The number of nitrogens with one attached hydrogen (secondary N) is 2. The van der Waals surface area contributed by atoms with Gasteiger partial charge in [0, 0.05) is 31.9 Å². The van der Waals surface area contributed by atoms with Crippen LogP contribution in [0.15, 0.2) is 35.5 Å². The van der Waals surface area contributed by atoms with Crippen molar-refractivity contribution in [2.45, 2.75) is 45.2 Å². The highest BCUT2D eigenvalue weighted by Crippen LogP contribution is 2.18. The summed E-state index contributed by atoms with van der Waals surface area (Å²) in [5.74, 6) is 1.99. The number of aliphatic imine (C=N–C) groups is 1. The monoisotopic (exact) mass is 313 g/mol. The highest BCUT2D eigenvalue weighted by Gasteiger charge is 2.14. The smallest absolute Gasteiger partial charge is 0.191 e. The molecule has 1 aromatic heterocycles. The number of hydrogen-bond acceptors (Lipinski definition) is 3. The van der Waals surface area contributed by atoms with Crippen molar-refractivity contribution >= 4 is 11.8 Å². The molecule has 0 radical (unpaired) electrons. The highest BCUT2D eigenvalue weighted by atomic mass is 15.2. The first kappa shape index (κ1) is 15.8. The molecule has 2 N–H and O–H groups in total. The van der Waals surface area contributed by atoms with Crippen molar-refractivity contribution in [3.63, 3.8) is 0 Å². The lowest BCUT2D eigenvalue weighted by atomic mass is 10.2. The molecule has 0 saturated carbocycles. The molecule has 5 nitrogen and oxygen atoms in total. The number of nitrogens with zero attached hydrogens (tertiary/aromatic N) is 3. The minimum Gasteiger partial charge on any atom is -0.357 e. The van der Waals surface area contributed by atoms with E-state index in [4.69, 9.17) is 4.99 Å². The minimum atomic E-state index is 0.477. The molecule has 5 heteroatoms. The van der Waals surface area contributed by atoms with E-state index in [2.05, 4.69) is 51.7 Å². The van der Waals surface area contributed by atoms with E-state index in [0.717, 1.165) is 44.3 Å². The second-order valence-corrected chi connectivity index (χ2v) is 6.20. The van der Waals surface area contributed by atoms with Crippen molar-refractivity contribution in [1.29, 1.82) is 0 Å². The second kappa shape index (κ2) is 7.99. The third-order valence-electron chi connectivity index (χ3n) is 4.35. The van der Waals surface area contributed by atoms with Gasteiger partial charge in [-0.05, 0) is 50.3 Å². The van der Waals surface area contributed by atoms with Crippen LogP contribution in [0.2, 0.25) is 0 Å². The number of aromatic nitrogens is 1. The van der Waals surface area contributed by atoms with Crippen LogP contribution in [0, 0.1) is 0 Å². The summed E-state index contributed by atoms with van der Waals surface area (Å²) in [6, 6.07) is 4.71. The van der Waals surface area contributed by atoms with Crippen molar-refractivity contribution in [3.05, 3.63) is 36.0 Å². The third-order valence-corrected chi connectivity index (χ3v) is 4.35. The molecule has 0 bridgehead atoms. The molecule has 1 aromatic rings. The molecule has 124 valence electrons. The van der Waals surface area contributed by atoms with Crippen LogP contribution < -0.4 is 15.5 Å². The van der Waals surface area contributed by atoms with Crippen LogP contribution >= 0.6 is 0 Å². The van der Waals surface area contributed by atoms with E-state index < -0.39 is 0 Å². The Hall–Kier alpha value is -2.04. The Balaban J connectivity index is 1.62. The Morgan fingerprint density at radius 1 is 1.30 bits per heavy atom. The Labute approximate surface area is 138 Å². The fourth-order valence-corrected chi connectivity index (χ4v) is 3.10. The van der Waals surface area contributed by atoms with Gasteiger partial charge in [0.25, 0.3) is 0 Å². The van der Waals surface area contributed by atoms with Gasteiger partial charge in [-0.2, -0.15) is 0 Å². The predicted octanol–water partition coefficient (Wildman–Crippen LogP) is 2.46. The molecular weight excluding hydrogens is 286 g/mol. The van der Waals surface area contributed by atoms with Gasteiger partial charge >= 0.3 is 0 Å². The minimum absolute atomic E-state index is 0.477. The Morgan fingerprint density at radius 3 is 2.83 bits per heavy atom. The van der Waals surface area contributed by atoms with E-state index in [0.29, 0.717) is 12.6 Å². The van der Waals surface area contributed by atoms with E-state index in [1.165, 1.54) is 18.4 Å².